The summed E-state index contributed by atoms with van der Waals surface area (Å²) >= 11 is 8.24. The molecule has 0 radical (unpaired) electrons. The molecule has 0 fully saturated rings. The number of aromatic nitrogens is 2. The molecule has 27 heavy (non-hydrogen) atoms. The summed E-state index contributed by atoms with van der Waals surface area (Å²) in [5.41, 5.74) is 4.65. The topological polar surface area (TPSA) is 17.8 Å². The van der Waals surface area contributed by atoms with Crippen LogP contribution in [0.3, 0.4) is 0 Å². The number of para-hydroxylation sites is 2. The zero-order valence-electron chi connectivity index (χ0n) is 14.3. The molecule has 0 amide bonds. The summed E-state index contributed by atoms with van der Waals surface area (Å²) in [5.74, 6) is 0.968. The Balaban J connectivity index is 1.74. The van der Waals surface area contributed by atoms with Gasteiger partial charge in [0.25, 0.3) is 0 Å². The fourth-order valence-electron chi connectivity index (χ4n) is 3.25. The van der Waals surface area contributed by atoms with Crippen LogP contribution >= 0.6 is 23.4 Å². The third-order valence-corrected chi connectivity index (χ3v) is 8.37. The van der Waals surface area contributed by atoms with Crippen molar-refractivity contribution >= 4 is 59.5 Å². The Morgan fingerprint density at radius 1 is 0.889 bits per heavy atom. The van der Waals surface area contributed by atoms with Crippen LogP contribution in [0.25, 0.3) is 16.7 Å². The van der Waals surface area contributed by atoms with E-state index in [1.807, 2.05) is 30.0 Å². The van der Waals surface area contributed by atoms with Gasteiger partial charge in [-0.25, -0.2) is 0 Å². The molecule has 0 saturated carbocycles. The number of benzene rings is 3. The van der Waals surface area contributed by atoms with Gasteiger partial charge >= 0.3 is 174 Å². The van der Waals surface area contributed by atoms with E-state index in [9.17, 15) is 0 Å². The molecular formula is C22H15ClN2SSe. The van der Waals surface area contributed by atoms with Crippen LogP contribution in [0.5, 0.6) is 0 Å². The van der Waals surface area contributed by atoms with Gasteiger partial charge in [0.05, 0.1) is 0 Å². The number of hydrogen-bond acceptors (Lipinski definition) is 2. The maximum absolute atomic E-state index is 6.16. The summed E-state index contributed by atoms with van der Waals surface area (Å²) < 4.78 is 5.18. The van der Waals surface area contributed by atoms with Crippen molar-refractivity contribution in [1.29, 1.82) is 0 Å². The quantitative estimate of drug-likeness (QED) is 0.404. The monoisotopic (exact) mass is 454 g/mol. The molecule has 5 heteroatoms. The Morgan fingerprint density at radius 3 is 2.44 bits per heavy atom. The minimum atomic E-state index is 0.256. The molecule has 0 saturated heterocycles. The molecule has 4 aromatic rings. The van der Waals surface area contributed by atoms with Crippen LogP contribution in [-0.2, 0) is 0 Å². The molecular weight excluding hydrogens is 439 g/mol. The van der Waals surface area contributed by atoms with Gasteiger partial charge in [0, 0.05) is 0 Å². The van der Waals surface area contributed by atoms with Gasteiger partial charge in [0.2, 0.25) is 0 Å². The van der Waals surface area contributed by atoms with Crippen LogP contribution in [0, 0.1) is 0 Å². The summed E-state index contributed by atoms with van der Waals surface area (Å²) in [7, 11) is 0. The number of thioether (sulfide) groups is 1. The van der Waals surface area contributed by atoms with Crippen molar-refractivity contribution in [3.05, 3.63) is 93.9 Å². The van der Waals surface area contributed by atoms with E-state index >= 15 is 0 Å². The number of fused-ring (bicyclic) bond motifs is 3. The summed E-state index contributed by atoms with van der Waals surface area (Å²) in [4.78, 5) is 4.86. The minimum absolute atomic E-state index is 0.256. The second-order valence-electron chi connectivity index (χ2n) is 6.20. The third kappa shape index (κ3) is 3.24. The number of halogens is 1. The number of imidazole rings is 1. The average Bonchev–Trinajstić information content (AvgIpc) is 3.08. The average molecular weight is 454 g/mol. The molecule has 0 N–H and O–H groups in total. The van der Waals surface area contributed by atoms with Crippen molar-refractivity contribution in [3.63, 3.8) is 0 Å². The first-order valence-electron chi connectivity index (χ1n) is 8.62. The van der Waals surface area contributed by atoms with Crippen LogP contribution in [0.2, 0.25) is 5.02 Å². The van der Waals surface area contributed by atoms with Crippen LogP contribution in [0.15, 0.2) is 88.5 Å². The van der Waals surface area contributed by atoms with Crippen LogP contribution in [0.1, 0.15) is 5.56 Å². The molecule has 0 bridgehead atoms. The van der Waals surface area contributed by atoms with Gasteiger partial charge in [-0.05, 0) is 0 Å². The second kappa shape index (κ2) is 7.21. The third-order valence-electron chi connectivity index (χ3n) is 4.45. The Hall–Kier alpha value is -1.97. The Kier molecular flexibility index (Phi) is 4.58. The zero-order valence-corrected chi connectivity index (χ0v) is 17.6. The van der Waals surface area contributed by atoms with Crippen LogP contribution < -0.4 is 4.46 Å². The van der Waals surface area contributed by atoms with Gasteiger partial charge in [-0.1, -0.05) is 0 Å². The molecule has 0 aliphatic carbocycles. The number of rotatable bonds is 3. The van der Waals surface area contributed by atoms with Crippen molar-refractivity contribution < 1.29 is 0 Å². The SMILES string of the molecule is Clc1ccc(C2=C([Se]c3ccccc3)CSc3nc4ccccc4n32)cc1. The van der Waals surface area contributed by atoms with Crippen molar-refractivity contribution in [2.75, 3.05) is 5.75 Å². The Morgan fingerprint density at radius 2 is 1.63 bits per heavy atom. The predicted octanol–water partition coefficient (Wildman–Crippen LogP) is 5.04. The summed E-state index contributed by atoms with van der Waals surface area (Å²) in [5, 5.41) is 1.82. The molecule has 132 valence electrons. The first-order valence-corrected chi connectivity index (χ1v) is 11.7. The van der Waals surface area contributed by atoms with E-state index in [-0.39, 0.29) is 15.0 Å². The second-order valence-corrected chi connectivity index (χ2v) is 10.0. The summed E-state index contributed by atoms with van der Waals surface area (Å²) in [6, 6.07) is 27.3. The molecule has 2 heterocycles. The molecule has 0 atom stereocenters. The first kappa shape index (κ1) is 17.1. The molecule has 1 aliphatic heterocycles. The van der Waals surface area contributed by atoms with E-state index in [1.54, 1.807) is 0 Å². The van der Waals surface area contributed by atoms with E-state index < -0.39 is 0 Å². The Labute approximate surface area is 173 Å². The predicted molar refractivity (Wildman–Crippen MR) is 116 cm³/mol. The number of hydrogen-bond donors (Lipinski definition) is 0. The first-order chi connectivity index (χ1) is 13.3. The van der Waals surface area contributed by atoms with Crippen molar-refractivity contribution in [2.24, 2.45) is 0 Å². The summed E-state index contributed by atoms with van der Waals surface area (Å²) in [6.07, 6.45) is 0. The molecule has 0 unspecified atom stereocenters. The molecule has 5 rings (SSSR count). The van der Waals surface area contributed by atoms with Gasteiger partial charge in [-0.2, -0.15) is 0 Å². The standard InChI is InChI=1S/C22H15ClN2SSe/c23-16-12-10-15(11-13-16)21-20(27-17-6-2-1-3-7-17)14-26-22-24-18-8-4-5-9-19(18)25(21)22/h1-13H,14H2. The van der Waals surface area contributed by atoms with Crippen molar-refractivity contribution in [1.82, 2.24) is 9.55 Å². The van der Waals surface area contributed by atoms with E-state index in [0.717, 1.165) is 27.0 Å². The molecule has 1 aliphatic rings. The fraction of sp³-hybridized carbons (Fsp3) is 0.0455. The Bertz CT molecular complexity index is 1150. The summed E-state index contributed by atoms with van der Waals surface area (Å²) in [6.45, 7) is 0. The molecule has 0 spiro atoms. The number of nitrogens with zero attached hydrogens (tertiary/aromatic N) is 2. The normalized spacial score (nSPS) is 13.8. The van der Waals surface area contributed by atoms with E-state index in [2.05, 4.69) is 65.2 Å². The molecule has 2 nitrogen and oxygen atoms in total. The van der Waals surface area contributed by atoms with Gasteiger partial charge in [0.1, 0.15) is 0 Å². The van der Waals surface area contributed by atoms with Crippen molar-refractivity contribution in [3.8, 4) is 0 Å². The van der Waals surface area contributed by atoms with Gasteiger partial charge in [-0.3, -0.25) is 0 Å². The molecule has 1 aromatic heterocycles. The van der Waals surface area contributed by atoms with E-state index in [4.69, 9.17) is 16.6 Å². The van der Waals surface area contributed by atoms with E-state index in [0.29, 0.717) is 0 Å². The van der Waals surface area contributed by atoms with Crippen LogP contribution in [-0.4, -0.2) is 30.3 Å². The van der Waals surface area contributed by atoms with Crippen LogP contribution in [0.4, 0.5) is 0 Å². The fourth-order valence-corrected chi connectivity index (χ4v) is 6.91. The maximum atomic E-state index is 6.16. The van der Waals surface area contributed by atoms with E-state index in [1.165, 1.54) is 20.2 Å². The van der Waals surface area contributed by atoms with Gasteiger partial charge in [0.15, 0.2) is 0 Å². The van der Waals surface area contributed by atoms with Gasteiger partial charge in [-0.15, -0.1) is 0 Å². The zero-order chi connectivity index (χ0) is 18.2. The van der Waals surface area contributed by atoms with Gasteiger partial charge < -0.3 is 0 Å². The molecule has 3 aromatic carbocycles. The van der Waals surface area contributed by atoms with Crippen molar-refractivity contribution in [2.45, 2.75) is 5.16 Å².